The van der Waals surface area contributed by atoms with E-state index >= 15 is 0 Å². The molecule has 2 fully saturated rings. The van der Waals surface area contributed by atoms with Gasteiger partial charge in [-0.25, -0.2) is 4.39 Å². The van der Waals surface area contributed by atoms with Crippen LogP contribution in [0.1, 0.15) is 24.4 Å². The van der Waals surface area contributed by atoms with Gasteiger partial charge in [0, 0.05) is 43.7 Å². The lowest BCUT2D eigenvalue weighted by molar-refractivity contribution is 0.283. The molecule has 128 valence electrons. The summed E-state index contributed by atoms with van der Waals surface area (Å²) in [6.45, 7) is 3.07. The summed E-state index contributed by atoms with van der Waals surface area (Å²) in [5.41, 5.74) is 1.68. The van der Waals surface area contributed by atoms with E-state index in [0.29, 0.717) is 16.6 Å². The van der Waals surface area contributed by atoms with E-state index in [1.54, 1.807) is 10.6 Å². The molecule has 0 unspecified atom stereocenters. The van der Waals surface area contributed by atoms with Gasteiger partial charge in [-0.05, 0) is 37.6 Å². The van der Waals surface area contributed by atoms with E-state index in [9.17, 15) is 14.3 Å². The smallest absolute Gasteiger partial charge is 0.251 e. The zero-order chi connectivity index (χ0) is 16.8. The zero-order valence-electron chi connectivity index (χ0n) is 13.8. The minimum absolute atomic E-state index is 0.106. The molecule has 0 atom stereocenters. The number of aliphatic hydroxyl groups excluding tert-OH is 1. The molecule has 1 aliphatic carbocycles. The van der Waals surface area contributed by atoms with Gasteiger partial charge in [0.2, 0.25) is 0 Å². The molecule has 1 aromatic carbocycles. The number of anilines is 1. The fourth-order valence-electron chi connectivity index (χ4n) is 3.55. The van der Waals surface area contributed by atoms with Gasteiger partial charge in [0.1, 0.15) is 5.82 Å². The van der Waals surface area contributed by atoms with Crippen LogP contribution in [-0.4, -0.2) is 47.8 Å². The second kappa shape index (κ2) is 5.86. The topological polar surface area (TPSA) is 48.7 Å². The third-order valence-corrected chi connectivity index (χ3v) is 5.13. The van der Waals surface area contributed by atoms with Gasteiger partial charge >= 0.3 is 0 Å². The number of pyridine rings is 1. The first-order valence-corrected chi connectivity index (χ1v) is 8.50. The average molecular weight is 331 g/mol. The highest BCUT2D eigenvalue weighted by Gasteiger charge is 2.28. The number of benzene rings is 1. The molecule has 1 aromatic heterocycles. The van der Waals surface area contributed by atoms with Crippen molar-refractivity contribution in [2.75, 3.05) is 38.1 Å². The third-order valence-electron chi connectivity index (χ3n) is 5.13. The van der Waals surface area contributed by atoms with Gasteiger partial charge in [-0.2, -0.15) is 0 Å². The number of piperazine rings is 1. The van der Waals surface area contributed by atoms with Crippen molar-refractivity contribution in [1.29, 1.82) is 0 Å². The van der Waals surface area contributed by atoms with Crippen LogP contribution in [0.15, 0.2) is 23.0 Å². The molecule has 1 saturated carbocycles. The lowest BCUT2D eigenvalue weighted by Gasteiger charge is -2.34. The first-order valence-electron chi connectivity index (χ1n) is 8.50. The molecule has 4 rings (SSSR count). The highest BCUT2D eigenvalue weighted by Crippen LogP contribution is 2.37. The standard InChI is InChI=1S/C18H22FN3O2/c1-20-4-6-21(7-5-20)17-10-16-14(9-15(17)19)12(11-23)8-18(24)22(16)13-2-3-13/h8-10,13,23H,2-7,11H2,1H3. The Morgan fingerprint density at radius 3 is 2.50 bits per heavy atom. The molecule has 2 heterocycles. The fraction of sp³-hybridized carbons (Fsp3) is 0.500. The van der Waals surface area contributed by atoms with E-state index in [-0.39, 0.29) is 24.0 Å². The third kappa shape index (κ3) is 2.59. The Bertz CT molecular complexity index is 836. The maximum atomic E-state index is 14.7. The zero-order valence-corrected chi connectivity index (χ0v) is 13.8. The summed E-state index contributed by atoms with van der Waals surface area (Å²) in [5.74, 6) is -0.289. The van der Waals surface area contributed by atoms with Gasteiger partial charge in [-0.15, -0.1) is 0 Å². The molecule has 1 aliphatic heterocycles. The molecule has 1 N–H and O–H groups in total. The second-order valence-electron chi connectivity index (χ2n) is 6.88. The Balaban J connectivity index is 1.89. The minimum Gasteiger partial charge on any atom is -0.392 e. The van der Waals surface area contributed by atoms with Crippen LogP contribution >= 0.6 is 0 Å². The summed E-state index contributed by atoms with van der Waals surface area (Å²) in [6, 6.07) is 4.93. The van der Waals surface area contributed by atoms with Gasteiger partial charge in [-0.1, -0.05) is 0 Å². The molecular formula is C18H22FN3O2. The highest BCUT2D eigenvalue weighted by molar-refractivity contribution is 5.86. The van der Waals surface area contributed by atoms with Crippen LogP contribution < -0.4 is 10.5 Å². The number of fused-ring (bicyclic) bond motifs is 1. The van der Waals surface area contributed by atoms with Crippen molar-refractivity contribution < 1.29 is 9.50 Å². The Labute approximate surface area is 139 Å². The second-order valence-corrected chi connectivity index (χ2v) is 6.88. The summed E-state index contributed by atoms with van der Waals surface area (Å²) in [7, 11) is 2.06. The molecule has 6 heteroatoms. The van der Waals surface area contributed by atoms with Crippen LogP contribution in [0.2, 0.25) is 0 Å². The normalized spacial score (nSPS) is 19.2. The summed E-state index contributed by atoms with van der Waals surface area (Å²) in [4.78, 5) is 16.7. The van der Waals surface area contributed by atoms with Crippen molar-refractivity contribution >= 4 is 16.6 Å². The molecule has 0 radical (unpaired) electrons. The van der Waals surface area contributed by atoms with Crippen molar-refractivity contribution in [2.45, 2.75) is 25.5 Å². The van der Waals surface area contributed by atoms with E-state index in [2.05, 4.69) is 11.9 Å². The van der Waals surface area contributed by atoms with E-state index < -0.39 is 0 Å². The summed E-state index contributed by atoms with van der Waals surface area (Å²) >= 11 is 0. The number of aliphatic hydroxyl groups is 1. The van der Waals surface area contributed by atoms with E-state index in [4.69, 9.17) is 0 Å². The Morgan fingerprint density at radius 2 is 1.88 bits per heavy atom. The van der Waals surface area contributed by atoms with Gasteiger partial charge in [-0.3, -0.25) is 4.79 Å². The van der Waals surface area contributed by atoms with E-state index in [1.807, 2.05) is 4.90 Å². The molecule has 24 heavy (non-hydrogen) atoms. The molecule has 0 amide bonds. The van der Waals surface area contributed by atoms with Crippen LogP contribution in [0.3, 0.4) is 0 Å². The number of rotatable bonds is 3. The average Bonchev–Trinajstić information content (AvgIpc) is 3.39. The van der Waals surface area contributed by atoms with Gasteiger partial charge in [0.05, 0.1) is 17.8 Å². The van der Waals surface area contributed by atoms with Gasteiger partial charge in [0.25, 0.3) is 5.56 Å². The van der Waals surface area contributed by atoms with Crippen molar-refractivity contribution in [1.82, 2.24) is 9.47 Å². The molecular weight excluding hydrogens is 309 g/mol. The maximum absolute atomic E-state index is 14.7. The van der Waals surface area contributed by atoms with Gasteiger partial charge < -0.3 is 19.5 Å². The van der Waals surface area contributed by atoms with Crippen molar-refractivity contribution in [2.24, 2.45) is 0 Å². The molecule has 5 nitrogen and oxygen atoms in total. The lowest BCUT2D eigenvalue weighted by atomic mass is 10.1. The van der Waals surface area contributed by atoms with Crippen molar-refractivity contribution in [3.63, 3.8) is 0 Å². The number of hydrogen-bond acceptors (Lipinski definition) is 4. The van der Waals surface area contributed by atoms with Crippen LogP contribution in [-0.2, 0) is 6.61 Å². The number of aromatic nitrogens is 1. The van der Waals surface area contributed by atoms with Crippen LogP contribution in [0.25, 0.3) is 10.9 Å². The lowest BCUT2D eigenvalue weighted by Crippen LogP contribution is -2.44. The quantitative estimate of drug-likeness (QED) is 0.930. The first kappa shape index (κ1) is 15.6. The van der Waals surface area contributed by atoms with Crippen LogP contribution in [0.4, 0.5) is 10.1 Å². The Morgan fingerprint density at radius 1 is 1.17 bits per heavy atom. The van der Waals surface area contributed by atoms with Crippen LogP contribution in [0, 0.1) is 5.82 Å². The maximum Gasteiger partial charge on any atom is 0.251 e. The number of nitrogens with zero attached hydrogens (tertiary/aromatic N) is 3. The summed E-state index contributed by atoms with van der Waals surface area (Å²) in [5, 5.41) is 10.2. The predicted molar refractivity (Wildman–Crippen MR) is 92.1 cm³/mol. The SMILES string of the molecule is CN1CCN(c2cc3c(cc2F)c(CO)cc(=O)n3C2CC2)CC1. The molecule has 1 saturated heterocycles. The van der Waals surface area contributed by atoms with E-state index in [1.165, 1.54) is 12.1 Å². The minimum atomic E-state index is -0.289. The van der Waals surface area contributed by atoms with Crippen molar-refractivity contribution in [3.05, 3.63) is 39.9 Å². The van der Waals surface area contributed by atoms with Crippen LogP contribution in [0.5, 0.6) is 0 Å². The summed E-state index contributed by atoms with van der Waals surface area (Å²) in [6.07, 6.45) is 1.96. The Hall–Kier alpha value is -1.92. The largest absolute Gasteiger partial charge is 0.392 e. The monoisotopic (exact) mass is 331 g/mol. The number of halogens is 1. The molecule has 0 bridgehead atoms. The number of hydrogen-bond donors (Lipinski definition) is 1. The van der Waals surface area contributed by atoms with E-state index in [0.717, 1.165) is 44.5 Å². The summed E-state index contributed by atoms with van der Waals surface area (Å²) < 4.78 is 16.5. The molecule has 2 aliphatic rings. The molecule has 0 spiro atoms. The van der Waals surface area contributed by atoms with Gasteiger partial charge in [0.15, 0.2) is 0 Å². The molecule has 2 aromatic rings. The Kier molecular flexibility index (Phi) is 3.81. The number of likely N-dealkylation sites (N-methyl/N-ethyl adjacent to an activating group) is 1. The fourth-order valence-corrected chi connectivity index (χ4v) is 3.55. The van der Waals surface area contributed by atoms with Crippen molar-refractivity contribution in [3.8, 4) is 0 Å². The highest BCUT2D eigenvalue weighted by atomic mass is 19.1. The first-order chi connectivity index (χ1) is 11.6. The predicted octanol–water partition coefficient (Wildman–Crippen LogP) is 1.72.